The zero-order valence-electron chi connectivity index (χ0n) is 11.4. The summed E-state index contributed by atoms with van der Waals surface area (Å²) in [5, 5.41) is 1.05. The van der Waals surface area contributed by atoms with Crippen LogP contribution in [0.2, 0.25) is 0 Å². The van der Waals surface area contributed by atoms with E-state index in [9.17, 15) is 0 Å². The van der Waals surface area contributed by atoms with E-state index >= 15 is 0 Å². The molecule has 2 aromatic heterocycles. The van der Waals surface area contributed by atoms with Crippen molar-refractivity contribution in [1.82, 2.24) is 15.4 Å². The second-order valence-corrected chi connectivity index (χ2v) is 4.91. The van der Waals surface area contributed by atoms with Crippen LogP contribution in [0.15, 0.2) is 41.1 Å². The lowest BCUT2D eigenvalue weighted by Gasteiger charge is -2.11. The monoisotopic (exact) mass is 268 g/mol. The standard InChI is InChI=1S/C15H16N4O/c1-9-3-4-12-11(5-9)6-13(20-12)14(19-16)15-17-7-10(2)8-18-15/h3-8,14,19H,16H2,1-2H3. The molecule has 3 aromatic rings. The summed E-state index contributed by atoms with van der Waals surface area (Å²) in [4.78, 5) is 8.60. The maximum absolute atomic E-state index is 5.84. The molecular weight excluding hydrogens is 252 g/mol. The van der Waals surface area contributed by atoms with Crippen molar-refractivity contribution in [2.75, 3.05) is 0 Å². The number of benzene rings is 1. The SMILES string of the molecule is Cc1cnc(C(NN)c2cc3cc(C)ccc3o2)nc1. The van der Waals surface area contributed by atoms with Crippen molar-refractivity contribution in [3.63, 3.8) is 0 Å². The second-order valence-electron chi connectivity index (χ2n) is 4.91. The lowest BCUT2D eigenvalue weighted by molar-refractivity contribution is 0.463. The molecule has 0 fully saturated rings. The van der Waals surface area contributed by atoms with Crippen LogP contribution in [0, 0.1) is 13.8 Å². The van der Waals surface area contributed by atoms with E-state index in [0.717, 1.165) is 16.5 Å². The molecule has 1 unspecified atom stereocenters. The van der Waals surface area contributed by atoms with Crippen molar-refractivity contribution in [3.05, 3.63) is 59.4 Å². The topological polar surface area (TPSA) is 77.0 Å². The fraction of sp³-hybridized carbons (Fsp3) is 0.200. The Morgan fingerprint density at radius 2 is 1.85 bits per heavy atom. The van der Waals surface area contributed by atoms with Crippen molar-refractivity contribution in [2.24, 2.45) is 5.84 Å². The molecule has 102 valence electrons. The average molecular weight is 268 g/mol. The molecule has 1 atom stereocenters. The van der Waals surface area contributed by atoms with Crippen molar-refractivity contribution in [1.29, 1.82) is 0 Å². The molecule has 3 N–H and O–H groups in total. The molecule has 0 saturated heterocycles. The Kier molecular flexibility index (Phi) is 3.22. The number of nitrogens with two attached hydrogens (primary N) is 1. The molecule has 1 aromatic carbocycles. The maximum atomic E-state index is 5.84. The van der Waals surface area contributed by atoms with Gasteiger partial charge in [-0.05, 0) is 37.6 Å². The van der Waals surface area contributed by atoms with Gasteiger partial charge >= 0.3 is 0 Å². The van der Waals surface area contributed by atoms with E-state index in [2.05, 4.69) is 21.5 Å². The molecule has 0 spiro atoms. The normalized spacial score (nSPS) is 12.8. The third-order valence-electron chi connectivity index (χ3n) is 3.20. The van der Waals surface area contributed by atoms with Crippen LogP contribution in [0.1, 0.15) is 28.8 Å². The molecule has 5 nitrogen and oxygen atoms in total. The van der Waals surface area contributed by atoms with Gasteiger partial charge in [0.05, 0.1) is 0 Å². The van der Waals surface area contributed by atoms with E-state index in [-0.39, 0.29) is 6.04 Å². The Morgan fingerprint density at radius 3 is 2.55 bits per heavy atom. The fourth-order valence-electron chi connectivity index (χ4n) is 2.16. The van der Waals surface area contributed by atoms with Gasteiger partial charge in [-0.1, -0.05) is 11.6 Å². The molecule has 20 heavy (non-hydrogen) atoms. The van der Waals surface area contributed by atoms with Gasteiger partial charge in [0.15, 0.2) is 5.82 Å². The van der Waals surface area contributed by atoms with Gasteiger partial charge in [0.25, 0.3) is 0 Å². The Balaban J connectivity index is 2.04. The van der Waals surface area contributed by atoms with Crippen LogP contribution in [0.25, 0.3) is 11.0 Å². The van der Waals surface area contributed by atoms with E-state index in [1.165, 1.54) is 5.56 Å². The number of hydrogen-bond acceptors (Lipinski definition) is 5. The zero-order valence-corrected chi connectivity index (χ0v) is 11.4. The third kappa shape index (κ3) is 2.29. The maximum Gasteiger partial charge on any atom is 0.154 e. The number of aromatic nitrogens is 2. The van der Waals surface area contributed by atoms with Gasteiger partial charge in [-0.3, -0.25) is 5.84 Å². The number of nitrogens with one attached hydrogen (secondary N) is 1. The van der Waals surface area contributed by atoms with Crippen LogP contribution in [0.3, 0.4) is 0 Å². The summed E-state index contributed by atoms with van der Waals surface area (Å²) in [5.41, 5.74) is 5.74. The summed E-state index contributed by atoms with van der Waals surface area (Å²) < 4.78 is 5.84. The van der Waals surface area contributed by atoms with Crippen LogP contribution >= 0.6 is 0 Å². The number of nitrogens with zero attached hydrogens (tertiary/aromatic N) is 2. The summed E-state index contributed by atoms with van der Waals surface area (Å²) in [7, 11) is 0. The van der Waals surface area contributed by atoms with Gasteiger partial charge in [0, 0.05) is 17.8 Å². The van der Waals surface area contributed by atoms with E-state index in [1.807, 2.05) is 32.0 Å². The van der Waals surface area contributed by atoms with Crippen LogP contribution < -0.4 is 11.3 Å². The van der Waals surface area contributed by atoms with E-state index < -0.39 is 0 Å². The summed E-state index contributed by atoms with van der Waals surface area (Å²) >= 11 is 0. The summed E-state index contributed by atoms with van der Waals surface area (Å²) in [5.74, 6) is 6.93. The first-order valence-corrected chi connectivity index (χ1v) is 6.42. The Morgan fingerprint density at radius 1 is 1.10 bits per heavy atom. The molecule has 3 rings (SSSR count). The quantitative estimate of drug-likeness (QED) is 0.563. The van der Waals surface area contributed by atoms with Crippen LogP contribution in [-0.2, 0) is 0 Å². The Bertz CT molecular complexity index is 733. The van der Waals surface area contributed by atoms with Gasteiger partial charge in [0.2, 0.25) is 0 Å². The van der Waals surface area contributed by atoms with Crippen molar-refractivity contribution < 1.29 is 4.42 Å². The summed E-state index contributed by atoms with van der Waals surface area (Å²) in [6, 6.07) is 7.66. The number of hydrogen-bond donors (Lipinski definition) is 2. The highest BCUT2D eigenvalue weighted by Gasteiger charge is 2.19. The summed E-state index contributed by atoms with van der Waals surface area (Å²) in [6.45, 7) is 3.99. The molecule has 0 saturated carbocycles. The molecule has 0 aliphatic heterocycles. The molecule has 0 amide bonds. The fourth-order valence-corrected chi connectivity index (χ4v) is 2.16. The third-order valence-corrected chi connectivity index (χ3v) is 3.20. The predicted octanol–water partition coefficient (Wildman–Crippen LogP) is 2.39. The first-order valence-electron chi connectivity index (χ1n) is 6.42. The van der Waals surface area contributed by atoms with Crippen molar-refractivity contribution >= 4 is 11.0 Å². The van der Waals surface area contributed by atoms with Crippen molar-refractivity contribution in [2.45, 2.75) is 19.9 Å². The van der Waals surface area contributed by atoms with E-state index in [1.54, 1.807) is 12.4 Å². The number of aryl methyl sites for hydroxylation is 2. The first kappa shape index (κ1) is 12.8. The average Bonchev–Trinajstić information content (AvgIpc) is 2.84. The van der Waals surface area contributed by atoms with Crippen molar-refractivity contribution in [3.8, 4) is 0 Å². The molecular formula is C15H16N4O. The smallest absolute Gasteiger partial charge is 0.154 e. The number of rotatable bonds is 3. The molecule has 0 aliphatic rings. The van der Waals surface area contributed by atoms with Gasteiger partial charge in [-0.15, -0.1) is 0 Å². The minimum Gasteiger partial charge on any atom is -0.459 e. The predicted molar refractivity (Wildman–Crippen MR) is 76.9 cm³/mol. The highest BCUT2D eigenvalue weighted by molar-refractivity contribution is 5.78. The van der Waals surface area contributed by atoms with E-state index in [4.69, 9.17) is 10.3 Å². The van der Waals surface area contributed by atoms with Gasteiger partial charge in [-0.25, -0.2) is 15.4 Å². The highest BCUT2D eigenvalue weighted by Crippen LogP contribution is 2.26. The molecule has 0 aliphatic carbocycles. The van der Waals surface area contributed by atoms with Gasteiger partial charge in [0.1, 0.15) is 17.4 Å². The van der Waals surface area contributed by atoms with Gasteiger partial charge in [-0.2, -0.15) is 0 Å². The number of furan rings is 1. The first-order chi connectivity index (χ1) is 9.67. The molecule has 0 bridgehead atoms. The van der Waals surface area contributed by atoms with Crippen LogP contribution in [0.4, 0.5) is 0 Å². The second kappa shape index (κ2) is 5.03. The minimum atomic E-state index is -0.358. The Hall–Kier alpha value is -2.24. The molecule has 2 heterocycles. The van der Waals surface area contributed by atoms with E-state index in [0.29, 0.717) is 11.6 Å². The highest BCUT2D eigenvalue weighted by atomic mass is 16.3. The molecule has 5 heteroatoms. The van der Waals surface area contributed by atoms with Gasteiger partial charge < -0.3 is 4.42 Å². The Labute approximate surface area is 116 Å². The van der Waals surface area contributed by atoms with Crippen LogP contribution in [-0.4, -0.2) is 9.97 Å². The minimum absolute atomic E-state index is 0.358. The molecule has 0 radical (unpaired) electrons. The lowest BCUT2D eigenvalue weighted by atomic mass is 10.1. The largest absolute Gasteiger partial charge is 0.459 e. The van der Waals surface area contributed by atoms with Crippen LogP contribution in [0.5, 0.6) is 0 Å². The summed E-state index contributed by atoms with van der Waals surface area (Å²) in [6.07, 6.45) is 3.53. The lowest BCUT2D eigenvalue weighted by Crippen LogP contribution is -2.29. The zero-order chi connectivity index (χ0) is 14.1. The number of fused-ring (bicyclic) bond motifs is 1. The number of hydrazine groups is 1.